The van der Waals surface area contributed by atoms with Gasteiger partial charge in [-0.1, -0.05) is 0 Å². The van der Waals surface area contributed by atoms with Gasteiger partial charge in [0, 0.05) is 17.8 Å². The average Bonchev–Trinajstić information content (AvgIpc) is 3.07. The number of carboxylic acid groups (broad SMARTS) is 1. The van der Waals surface area contributed by atoms with E-state index >= 15 is 0 Å². The fraction of sp³-hybridized carbons (Fsp3) is 0.0714. The van der Waals surface area contributed by atoms with Gasteiger partial charge in [0.25, 0.3) is 0 Å². The van der Waals surface area contributed by atoms with E-state index in [0.29, 0.717) is 22.0 Å². The molecule has 2 heterocycles. The van der Waals surface area contributed by atoms with Crippen molar-refractivity contribution in [3.05, 3.63) is 52.9 Å². The Morgan fingerprint density at radius 1 is 1.43 bits per heavy atom. The molecule has 0 spiro atoms. The number of carbonyl (C=O) groups is 1. The first kappa shape index (κ1) is 13.4. The van der Waals surface area contributed by atoms with Crippen LogP contribution in [0.5, 0.6) is 0 Å². The third-order valence-electron chi connectivity index (χ3n) is 2.99. The molecule has 0 aliphatic rings. The molecule has 0 saturated carbocycles. The maximum Gasteiger partial charge on any atom is 0.339 e. The van der Waals surface area contributed by atoms with E-state index < -0.39 is 5.97 Å². The predicted octanol–water partition coefficient (Wildman–Crippen LogP) is 3.14. The topological polar surface area (TPSA) is 68.0 Å². The van der Waals surface area contributed by atoms with E-state index in [2.05, 4.69) is 10.1 Å². The lowest BCUT2D eigenvalue weighted by Gasteiger charge is -2.05. The molecule has 3 rings (SSSR count). The van der Waals surface area contributed by atoms with Crippen molar-refractivity contribution in [1.29, 1.82) is 0 Å². The maximum atomic E-state index is 13.2. The summed E-state index contributed by atoms with van der Waals surface area (Å²) in [7, 11) is 0. The number of hydrogen-bond donors (Lipinski definition) is 1. The number of hydrogen-bond acceptors (Lipinski definition) is 4. The van der Waals surface area contributed by atoms with Crippen LogP contribution in [0.3, 0.4) is 0 Å². The lowest BCUT2D eigenvalue weighted by Crippen LogP contribution is -1.98. The van der Waals surface area contributed by atoms with Crippen molar-refractivity contribution in [2.75, 3.05) is 0 Å². The fourth-order valence-electron chi connectivity index (χ4n) is 2.03. The van der Waals surface area contributed by atoms with Gasteiger partial charge in [-0.25, -0.2) is 18.9 Å². The van der Waals surface area contributed by atoms with Crippen LogP contribution in [0, 0.1) is 12.7 Å². The molecule has 7 heteroatoms. The molecule has 1 N–H and O–H groups in total. The summed E-state index contributed by atoms with van der Waals surface area (Å²) in [5.74, 6) is -1.42. The van der Waals surface area contributed by atoms with Gasteiger partial charge in [0.2, 0.25) is 0 Å². The van der Waals surface area contributed by atoms with Crippen LogP contribution < -0.4 is 0 Å². The Labute approximate surface area is 123 Å². The van der Waals surface area contributed by atoms with Crippen LogP contribution in [-0.4, -0.2) is 25.8 Å². The lowest BCUT2D eigenvalue weighted by atomic mass is 10.2. The minimum atomic E-state index is -1.08. The number of rotatable bonds is 3. The highest BCUT2D eigenvalue weighted by atomic mass is 32.1. The van der Waals surface area contributed by atoms with Crippen LogP contribution in [0.25, 0.3) is 16.4 Å². The number of nitrogens with zero attached hydrogens (tertiary/aromatic N) is 3. The van der Waals surface area contributed by atoms with Gasteiger partial charge < -0.3 is 5.11 Å². The first-order chi connectivity index (χ1) is 10.1. The molecule has 2 aromatic heterocycles. The van der Waals surface area contributed by atoms with Gasteiger partial charge >= 0.3 is 5.97 Å². The molecule has 5 nitrogen and oxygen atoms in total. The van der Waals surface area contributed by atoms with E-state index in [1.165, 1.54) is 34.3 Å². The number of benzene rings is 1. The van der Waals surface area contributed by atoms with Crippen LogP contribution in [0.1, 0.15) is 15.9 Å². The molecule has 0 fully saturated rings. The molecule has 0 bridgehead atoms. The van der Waals surface area contributed by atoms with Crippen molar-refractivity contribution in [3.63, 3.8) is 0 Å². The van der Waals surface area contributed by atoms with Crippen molar-refractivity contribution < 1.29 is 14.3 Å². The van der Waals surface area contributed by atoms with Crippen LogP contribution in [0.4, 0.5) is 4.39 Å². The monoisotopic (exact) mass is 303 g/mol. The number of thiazole rings is 1. The van der Waals surface area contributed by atoms with Crippen LogP contribution >= 0.6 is 11.3 Å². The van der Waals surface area contributed by atoms with Crippen LogP contribution in [0.2, 0.25) is 0 Å². The number of aromatic carboxylic acids is 1. The fourth-order valence-corrected chi connectivity index (χ4v) is 2.66. The van der Waals surface area contributed by atoms with E-state index in [9.17, 15) is 14.3 Å². The van der Waals surface area contributed by atoms with Crippen molar-refractivity contribution in [2.24, 2.45) is 0 Å². The third-order valence-corrected chi connectivity index (χ3v) is 3.77. The van der Waals surface area contributed by atoms with Gasteiger partial charge in [-0.05, 0) is 30.7 Å². The summed E-state index contributed by atoms with van der Waals surface area (Å²) in [6.45, 7) is 1.74. The van der Waals surface area contributed by atoms with Gasteiger partial charge in [0.05, 0.1) is 5.69 Å². The maximum absolute atomic E-state index is 13.2. The van der Waals surface area contributed by atoms with Gasteiger partial charge in [-0.3, -0.25) is 0 Å². The van der Waals surface area contributed by atoms with Crippen LogP contribution in [0.15, 0.2) is 36.0 Å². The second kappa shape index (κ2) is 5.10. The normalized spacial score (nSPS) is 10.8. The number of aryl methyl sites for hydroxylation is 1. The molecule has 0 radical (unpaired) electrons. The van der Waals surface area contributed by atoms with Crippen molar-refractivity contribution >= 4 is 17.3 Å². The SMILES string of the molecule is Cc1cc(F)ccc1-n1cc(C(=O)O)c(-c2nccs2)n1. The molecule has 0 atom stereocenters. The second-order valence-electron chi connectivity index (χ2n) is 4.41. The van der Waals surface area contributed by atoms with Crippen molar-refractivity contribution in [2.45, 2.75) is 6.92 Å². The molecule has 0 saturated heterocycles. The highest BCUT2D eigenvalue weighted by Crippen LogP contribution is 2.26. The zero-order valence-corrected chi connectivity index (χ0v) is 11.8. The number of halogens is 1. The highest BCUT2D eigenvalue weighted by Gasteiger charge is 2.20. The molecule has 1 aromatic carbocycles. The molecule has 106 valence electrons. The van der Waals surface area contributed by atoms with Gasteiger partial charge in [0.1, 0.15) is 22.1 Å². The van der Waals surface area contributed by atoms with Gasteiger partial charge in [0.15, 0.2) is 0 Å². The molecule has 3 aromatic rings. The van der Waals surface area contributed by atoms with E-state index in [0.717, 1.165) is 0 Å². The predicted molar refractivity (Wildman–Crippen MR) is 76.3 cm³/mol. The molecule has 0 aliphatic heterocycles. The lowest BCUT2D eigenvalue weighted by molar-refractivity contribution is 0.0697. The van der Waals surface area contributed by atoms with Crippen molar-refractivity contribution in [3.8, 4) is 16.4 Å². The standard InChI is InChI=1S/C14H10FN3O2S/c1-8-6-9(15)2-3-11(8)18-7-10(14(19)20)12(17-18)13-16-4-5-21-13/h2-7H,1H3,(H,19,20). The van der Waals surface area contributed by atoms with Crippen molar-refractivity contribution in [1.82, 2.24) is 14.8 Å². The summed E-state index contributed by atoms with van der Waals surface area (Å²) >= 11 is 1.31. The third kappa shape index (κ3) is 2.43. The van der Waals surface area contributed by atoms with E-state index in [4.69, 9.17) is 0 Å². The Bertz CT molecular complexity index is 812. The Balaban J connectivity index is 2.17. The summed E-state index contributed by atoms with van der Waals surface area (Å²) in [5.41, 5.74) is 1.66. The minimum Gasteiger partial charge on any atom is -0.478 e. The molecule has 0 aliphatic carbocycles. The first-order valence-corrected chi connectivity index (χ1v) is 6.93. The minimum absolute atomic E-state index is 0.0636. The molecule has 21 heavy (non-hydrogen) atoms. The second-order valence-corrected chi connectivity index (χ2v) is 5.30. The number of carboxylic acids is 1. The summed E-state index contributed by atoms with van der Waals surface area (Å²) < 4.78 is 14.6. The molecule has 0 amide bonds. The van der Waals surface area contributed by atoms with Crippen LogP contribution in [-0.2, 0) is 0 Å². The Kier molecular flexibility index (Phi) is 3.26. The average molecular weight is 303 g/mol. The Morgan fingerprint density at radius 3 is 2.86 bits per heavy atom. The molecular weight excluding hydrogens is 293 g/mol. The molecular formula is C14H10FN3O2S. The van der Waals surface area contributed by atoms with Gasteiger partial charge in [-0.2, -0.15) is 5.10 Å². The zero-order valence-electron chi connectivity index (χ0n) is 10.9. The molecule has 0 unspecified atom stereocenters. The number of aromatic nitrogens is 3. The zero-order chi connectivity index (χ0) is 15.0. The summed E-state index contributed by atoms with van der Waals surface area (Å²) in [6, 6.07) is 4.25. The Morgan fingerprint density at radius 2 is 2.24 bits per heavy atom. The van der Waals surface area contributed by atoms with E-state index in [1.807, 2.05) is 0 Å². The summed E-state index contributed by atoms with van der Waals surface area (Å²) in [4.78, 5) is 15.5. The van der Waals surface area contributed by atoms with E-state index in [1.54, 1.807) is 24.6 Å². The smallest absolute Gasteiger partial charge is 0.339 e. The quantitative estimate of drug-likeness (QED) is 0.807. The Hall–Kier alpha value is -2.54. The largest absolute Gasteiger partial charge is 0.478 e. The van der Waals surface area contributed by atoms with Gasteiger partial charge in [-0.15, -0.1) is 11.3 Å². The van der Waals surface area contributed by atoms with E-state index in [-0.39, 0.29) is 11.4 Å². The highest BCUT2D eigenvalue weighted by molar-refractivity contribution is 7.13. The summed E-state index contributed by atoms with van der Waals surface area (Å²) in [5, 5.41) is 15.9. The summed E-state index contributed by atoms with van der Waals surface area (Å²) in [6.07, 6.45) is 3.01. The first-order valence-electron chi connectivity index (χ1n) is 6.05.